The molecule has 68 heavy (non-hydrogen) atoms. The number of para-hydroxylation sites is 2. The number of nitrogens with zero attached hydrogens (tertiary/aromatic N) is 6. The first-order valence-corrected chi connectivity index (χ1v) is 23.3. The van der Waals surface area contributed by atoms with Crippen LogP contribution in [0.1, 0.15) is 22.3 Å². The molecule has 1 aliphatic heterocycles. The molecule has 5 heterocycles. The monoisotopic (exact) mass is 882 g/mol. The minimum absolute atomic E-state index is 0.618. The van der Waals surface area contributed by atoms with Gasteiger partial charge in [-0.2, -0.15) is 0 Å². The van der Waals surface area contributed by atoms with Crippen molar-refractivity contribution in [2.24, 2.45) is 0 Å². The zero-order valence-electron chi connectivity index (χ0n) is 36.2. The van der Waals surface area contributed by atoms with E-state index in [1.807, 2.05) is 60.6 Å². The molecule has 8 aromatic carbocycles. The van der Waals surface area contributed by atoms with Gasteiger partial charge in [0.1, 0.15) is 0 Å². The molecule has 4 aromatic heterocycles. The molecular weight excluding hydrogens is 849 g/mol. The van der Waals surface area contributed by atoms with Gasteiger partial charge >= 0.3 is 0 Å². The molecule has 0 saturated heterocycles. The summed E-state index contributed by atoms with van der Waals surface area (Å²) >= 11 is 1.83. The molecule has 314 valence electrons. The lowest BCUT2D eigenvalue weighted by molar-refractivity contribution is 0.720. The van der Waals surface area contributed by atoms with Gasteiger partial charge in [0.2, 0.25) is 0 Å². The standard InChI is InChI=1S/C61H34N6S/c1-62-40-23-28-55-47(35-40)45-32-37(21-26-53(45)66(55)42-12-5-3-6-13-42)38-20-25-49-57(34-38)68-60-44(16-9-17-52(60)61(49)50-18-10-30-64-58(50)59-51(61)19-11-31-65-59)39-22-27-54-46(33-39)48-36-41(63-2)24-29-56(48)67(54)43-14-7-4-8-15-43/h3-36H. The average Bonchev–Trinajstić information content (AvgIpc) is 4.02. The summed E-state index contributed by atoms with van der Waals surface area (Å²) in [5.41, 5.74) is 18.0. The fraction of sp³-hybridized carbons (Fsp3) is 0.0164. The molecule has 0 atom stereocenters. The van der Waals surface area contributed by atoms with Gasteiger partial charge in [-0.3, -0.25) is 9.97 Å². The van der Waals surface area contributed by atoms with E-state index in [0.717, 1.165) is 99.8 Å². The number of pyridine rings is 2. The van der Waals surface area contributed by atoms with Crippen molar-refractivity contribution in [1.82, 2.24) is 19.1 Å². The molecular formula is C61H34N6S. The molecule has 0 saturated carbocycles. The van der Waals surface area contributed by atoms with Crippen LogP contribution in [0, 0.1) is 13.1 Å². The van der Waals surface area contributed by atoms with E-state index >= 15 is 0 Å². The third kappa shape index (κ3) is 5.28. The highest BCUT2D eigenvalue weighted by Crippen LogP contribution is 2.63. The average molecular weight is 883 g/mol. The van der Waals surface area contributed by atoms with Crippen LogP contribution >= 0.6 is 11.8 Å². The van der Waals surface area contributed by atoms with Crippen molar-refractivity contribution in [1.29, 1.82) is 0 Å². The normalized spacial score (nSPS) is 13.0. The Kier molecular flexibility index (Phi) is 8.16. The van der Waals surface area contributed by atoms with Gasteiger partial charge in [0, 0.05) is 44.3 Å². The predicted octanol–water partition coefficient (Wildman–Crippen LogP) is 15.9. The Bertz CT molecular complexity index is 4160. The number of aromatic nitrogens is 4. The second-order valence-corrected chi connectivity index (χ2v) is 18.5. The van der Waals surface area contributed by atoms with Crippen LogP contribution < -0.4 is 0 Å². The van der Waals surface area contributed by atoms with Gasteiger partial charge in [-0.1, -0.05) is 115 Å². The summed E-state index contributed by atoms with van der Waals surface area (Å²) < 4.78 is 4.60. The summed E-state index contributed by atoms with van der Waals surface area (Å²) in [6.07, 6.45) is 3.75. The first-order chi connectivity index (χ1) is 33.6. The molecule has 7 heteroatoms. The lowest BCUT2D eigenvalue weighted by Crippen LogP contribution is -2.32. The Morgan fingerprint density at radius 1 is 0.412 bits per heavy atom. The second-order valence-electron chi connectivity index (χ2n) is 17.5. The van der Waals surface area contributed by atoms with Crippen molar-refractivity contribution in [3.05, 3.63) is 252 Å². The van der Waals surface area contributed by atoms with E-state index in [1.54, 1.807) is 0 Å². The molecule has 0 N–H and O–H groups in total. The fourth-order valence-electron chi connectivity index (χ4n) is 11.3. The first kappa shape index (κ1) is 38.3. The third-order valence-electron chi connectivity index (χ3n) is 14.1. The number of fused-ring (bicyclic) bond motifs is 15. The Hall–Kier alpha value is -9.01. The summed E-state index contributed by atoms with van der Waals surface area (Å²) in [4.78, 5) is 20.1. The van der Waals surface area contributed by atoms with Crippen molar-refractivity contribution >= 4 is 66.7 Å². The van der Waals surface area contributed by atoms with Gasteiger partial charge in [-0.05, 0) is 146 Å². The van der Waals surface area contributed by atoms with E-state index in [2.05, 4.69) is 177 Å². The number of benzene rings is 8. The molecule has 12 aromatic rings. The summed E-state index contributed by atoms with van der Waals surface area (Å²) in [6, 6.07) is 68.8. The van der Waals surface area contributed by atoms with Crippen LogP contribution in [0.2, 0.25) is 0 Å². The van der Waals surface area contributed by atoms with E-state index in [1.165, 1.54) is 20.9 Å². The Labute approximate surface area is 395 Å². The lowest BCUT2D eigenvalue weighted by Gasteiger charge is -2.40. The summed E-state index contributed by atoms with van der Waals surface area (Å²) in [6.45, 7) is 15.8. The van der Waals surface area contributed by atoms with Crippen LogP contribution in [0.25, 0.3) is 98.3 Å². The highest BCUT2D eigenvalue weighted by molar-refractivity contribution is 7.99. The maximum absolute atomic E-state index is 7.90. The smallest absolute Gasteiger partial charge is 0.188 e. The molecule has 0 amide bonds. The van der Waals surface area contributed by atoms with Crippen molar-refractivity contribution < 1.29 is 0 Å². The van der Waals surface area contributed by atoms with Crippen LogP contribution in [0.3, 0.4) is 0 Å². The molecule has 2 aliphatic rings. The third-order valence-corrected chi connectivity index (χ3v) is 15.3. The molecule has 1 spiro atoms. The highest BCUT2D eigenvalue weighted by atomic mass is 32.2. The van der Waals surface area contributed by atoms with Gasteiger partial charge in [0.15, 0.2) is 11.4 Å². The van der Waals surface area contributed by atoms with Gasteiger partial charge in [0.05, 0.1) is 52.0 Å². The van der Waals surface area contributed by atoms with Gasteiger partial charge in [-0.25, -0.2) is 9.69 Å². The Balaban J connectivity index is 1.00. The quantitative estimate of drug-likeness (QED) is 0.165. The maximum Gasteiger partial charge on any atom is 0.188 e. The summed E-state index contributed by atoms with van der Waals surface area (Å²) in [5, 5.41) is 4.30. The first-order valence-electron chi connectivity index (χ1n) is 22.5. The van der Waals surface area contributed by atoms with E-state index < -0.39 is 5.41 Å². The van der Waals surface area contributed by atoms with Crippen molar-refractivity contribution in [3.8, 4) is 45.0 Å². The highest BCUT2D eigenvalue weighted by Gasteiger charge is 2.52. The van der Waals surface area contributed by atoms with Gasteiger partial charge in [-0.15, -0.1) is 0 Å². The van der Waals surface area contributed by atoms with Crippen LogP contribution in [0.5, 0.6) is 0 Å². The van der Waals surface area contributed by atoms with Crippen LogP contribution in [0.15, 0.2) is 216 Å². The number of hydrogen-bond donors (Lipinski definition) is 0. The lowest BCUT2D eigenvalue weighted by atomic mass is 9.67. The van der Waals surface area contributed by atoms with E-state index in [4.69, 9.17) is 23.1 Å². The molecule has 0 radical (unpaired) electrons. The van der Waals surface area contributed by atoms with Crippen LogP contribution in [-0.4, -0.2) is 19.1 Å². The van der Waals surface area contributed by atoms with Crippen LogP contribution in [-0.2, 0) is 5.41 Å². The van der Waals surface area contributed by atoms with Crippen molar-refractivity contribution in [2.75, 3.05) is 0 Å². The molecule has 14 rings (SSSR count). The molecule has 6 nitrogen and oxygen atoms in total. The van der Waals surface area contributed by atoms with Gasteiger partial charge < -0.3 is 9.13 Å². The van der Waals surface area contributed by atoms with E-state index in [0.29, 0.717) is 11.4 Å². The largest absolute Gasteiger partial charge is 0.309 e. The molecule has 0 fully saturated rings. The number of hydrogen-bond acceptors (Lipinski definition) is 3. The topological polar surface area (TPSA) is 44.4 Å². The van der Waals surface area contributed by atoms with Crippen molar-refractivity contribution in [3.63, 3.8) is 0 Å². The fourth-order valence-corrected chi connectivity index (χ4v) is 12.6. The minimum Gasteiger partial charge on any atom is -0.309 e. The van der Waals surface area contributed by atoms with Crippen molar-refractivity contribution in [2.45, 2.75) is 15.2 Å². The molecule has 1 aliphatic carbocycles. The van der Waals surface area contributed by atoms with E-state index in [9.17, 15) is 0 Å². The molecule has 0 bridgehead atoms. The zero-order chi connectivity index (χ0) is 45.1. The van der Waals surface area contributed by atoms with Gasteiger partial charge in [0.25, 0.3) is 0 Å². The SMILES string of the molecule is [C-]#[N+]c1ccc2c(c1)c1cc(-c3ccc4c(c3)Sc3c(-c5ccc6c(c5)c5cc([N+]#[C-])ccc5n6-c5ccccc5)cccc3C43c4cccnc4-c4ncccc43)ccc1n2-c1ccccc1. The number of rotatable bonds is 4. The van der Waals surface area contributed by atoms with Crippen LogP contribution in [0.4, 0.5) is 11.4 Å². The predicted molar refractivity (Wildman–Crippen MR) is 276 cm³/mol. The Morgan fingerprint density at radius 2 is 0.897 bits per heavy atom. The summed E-state index contributed by atoms with van der Waals surface area (Å²) in [5.74, 6) is 0. The maximum atomic E-state index is 7.90. The molecule has 0 unspecified atom stereocenters. The van der Waals surface area contributed by atoms with E-state index in [-0.39, 0.29) is 0 Å². The minimum atomic E-state index is -0.682. The Morgan fingerprint density at radius 3 is 1.47 bits per heavy atom. The summed E-state index contributed by atoms with van der Waals surface area (Å²) in [7, 11) is 0. The zero-order valence-corrected chi connectivity index (χ0v) is 37.0. The second kappa shape index (κ2) is 14.5.